The molecule has 0 unspecified atom stereocenters. The topological polar surface area (TPSA) is 48.1 Å². The first-order chi connectivity index (χ1) is 9.75. The summed E-state index contributed by atoms with van der Waals surface area (Å²) in [5, 5.41) is 12.2. The summed E-state index contributed by atoms with van der Waals surface area (Å²) in [6.07, 6.45) is 2.68. The molecular weight excluding hydrogens is 252 g/mol. The Bertz CT molecular complexity index is 762. The SMILES string of the molecule is O=[N+]([O-])c1ccccc1CCn1ccc2ccccc21. The van der Waals surface area contributed by atoms with Gasteiger partial charge in [0, 0.05) is 29.9 Å². The average Bonchev–Trinajstić information content (AvgIpc) is 2.88. The molecule has 0 aliphatic carbocycles. The van der Waals surface area contributed by atoms with Gasteiger partial charge < -0.3 is 4.57 Å². The third-order valence-electron chi connectivity index (χ3n) is 3.49. The molecule has 0 spiro atoms. The summed E-state index contributed by atoms with van der Waals surface area (Å²) in [7, 11) is 0. The Labute approximate surface area is 116 Å². The number of rotatable bonds is 4. The molecule has 0 radical (unpaired) electrons. The smallest absolute Gasteiger partial charge is 0.272 e. The van der Waals surface area contributed by atoms with E-state index < -0.39 is 0 Å². The monoisotopic (exact) mass is 266 g/mol. The Balaban J connectivity index is 1.85. The lowest BCUT2D eigenvalue weighted by Gasteiger charge is -2.06. The zero-order valence-corrected chi connectivity index (χ0v) is 10.9. The summed E-state index contributed by atoms with van der Waals surface area (Å²) < 4.78 is 2.13. The van der Waals surface area contributed by atoms with Crippen LogP contribution in [0.1, 0.15) is 5.56 Å². The van der Waals surface area contributed by atoms with Gasteiger partial charge in [0.15, 0.2) is 0 Å². The number of aromatic nitrogens is 1. The number of nitrogens with zero attached hydrogens (tertiary/aromatic N) is 2. The molecule has 0 fully saturated rings. The van der Waals surface area contributed by atoms with E-state index >= 15 is 0 Å². The van der Waals surface area contributed by atoms with Crippen molar-refractivity contribution in [3.05, 3.63) is 76.5 Å². The zero-order valence-electron chi connectivity index (χ0n) is 10.9. The molecule has 3 rings (SSSR count). The third-order valence-corrected chi connectivity index (χ3v) is 3.49. The van der Waals surface area contributed by atoms with Crippen molar-refractivity contribution in [2.45, 2.75) is 13.0 Å². The number of hydrogen-bond donors (Lipinski definition) is 0. The van der Waals surface area contributed by atoms with Gasteiger partial charge in [0.2, 0.25) is 0 Å². The van der Waals surface area contributed by atoms with Crippen LogP contribution in [0, 0.1) is 10.1 Å². The van der Waals surface area contributed by atoms with E-state index in [0.717, 1.165) is 17.6 Å². The minimum absolute atomic E-state index is 0.198. The second kappa shape index (κ2) is 5.17. The molecule has 4 heteroatoms. The van der Waals surface area contributed by atoms with E-state index in [-0.39, 0.29) is 10.6 Å². The lowest BCUT2D eigenvalue weighted by molar-refractivity contribution is -0.385. The molecule has 4 nitrogen and oxygen atoms in total. The van der Waals surface area contributed by atoms with Crippen molar-refractivity contribution in [3.63, 3.8) is 0 Å². The van der Waals surface area contributed by atoms with Crippen LogP contribution >= 0.6 is 0 Å². The second-order valence-corrected chi connectivity index (χ2v) is 4.70. The molecule has 0 aliphatic rings. The van der Waals surface area contributed by atoms with Crippen LogP contribution < -0.4 is 0 Å². The molecule has 0 atom stereocenters. The van der Waals surface area contributed by atoms with Gasteiger partial charge in [-0.25, -0.2) is 0 Å². The maximum atomic E-state index is 11.0. The van der Waals surface area contributed by atoms with E-state index in [1.807, 2.05) is 30.5 Å². The Morgan fingerprint density at radius 3 is 2.60 bits per heavy atom. The first-order valence-corrected chi connectivity index (χ1v) is 6.52. The summed E-state index contributed by atoms with van der Waals surface area (Å²) in [6, 6.07) is 17.1. The van der Waals surface area contributed by atoms with Crippen LogP contribution in [0.15, 0.2) is 60.8 Å². The van der Waals surface area contributed by atoms with Gasteiger partial charge in [-0.15, -0.1) is 0 Å². The summed E-state index contributed by atoms with van der Waals surface area (Å²) in [6.45, 7) is 0.734. The standard InChI is InChI=1S/C16H14N2O2/c19-18(20)16-8-4-2-6-14(16)10-12-17-11-9-13-5-1-3-7-15(13)17/h1-9,11H,10,12H2. The molecule has 0 saturated carbocycles. The van der Waals surface area contributed by atoms with E-state index in [4.69, 9.17) is 0 Å². The van der Waals surface area contributed by atoms with Gasteiger partial charge in [0.1, 0.15) is 0 Å². The highest BCUT2D eigenvalue weighted by molar-refractivity contribution is 5.79. The predicted molar refractivity (Wildman–Crippen MR) is 78.7 cm³/mol. The average molecular weight is 266 g/mol. The molecule has 100 valence electrons. The number of para-hydroxylation sites is 2. The van der Waals surface area contributed by atoms with Crippen LogP contribution in [0.25, 0.3) is 10.9 Å². The first-order valence-electron chi connectivity index (χ1n) is 6.52. The van der Waals surface area contributed by atoms with Crippen LogP contribution in [-0.2, 0) is 13.0 Å². The van der Waals surface area contributed by atoms with Crippen molar-refractivity contribution in [2.24, 2.45) is 0 Å². The number of fused-ring (bicyclic) bond motifs is 1. The van der Waals surface area contributed by atoms with Crippen LogP contribution in [0.5, 0.6) is 0 Å². The van der Waals surface area contributed by atoms with Gasteiger partial charge in [-0.1, -0.05) is 36.4 Å². The molecular formula is C16H14N2O2. The first kappa shape index (κ1) is 12.4. The van der Waals surface area contributed by atoms with E-state index in [1.54, 1.807) is 12.1 Å². The highest BCUT2D eigenvalue weighted by Gasteiger charge is 2.12. The number of nitro benzene ring substituents is 1. The Morgan fingerprint density at radius 1 is 1.00 bits per heavy atom. The Hall–Kier alpha value is -2.62. The van der Waals surface area contributed by atoms with Crippen molar-refractivity contribution >= 4 is 16.6 Å². The highest BCUT2D eigenvalue weighted by Crippen LogP contribution is 2.20. The van der Waals surface area contributed by atoms with Crippen LogP contribution in [0.4, 0.5) is 5.69 Å². The van der Waals surface area contributed by atoms with E-state index in [0.29, 0.717) is 6.42 Å². The van der Waals surface area contributed by atoms with E-state index in [1.165, 1.54) is 5.39 Å². The van der Waals surface area contributed by atoms with Gasteiger partial charge in [0.25, 0.3) is 5.69 Å². The van der Waals surface area contributed by atoms with Crippen molar-refractivity contribution in [2.75, 3.05) is 0 Å². The number of benzene rings is 2. The normalized spacial score (nSPS) is 10.8. The predicted octanol–water partition coefficient (Wildman–Crippen LogP) is 3.79. The summed E-state index contributed by atoms with van der Waals surface area (Å²) in [5.41, 5.74) is 2.13. The molecule has 0 saturated heterocycles. The van der Waals surface area contributed by atoms with Crippen LogP contribution in [-0.4, -0.2) is 9.49 Å². The fourth-order valence-corrected chi connectivity index (χ4v) is 2.48. The van der Waals surface area contributed by atoms with E-state index in [2.05, 4.69) is 22.8 Å². The van der Waals surface area contributed by atoms with Crippen molar-refractivity contribution < 1.29 is 4.92 Å². The van der Waals surface area contributed by atoms with Gasteiger partial charge in [-0.05, 0) is 23.9 Å². The molecule has 3 aromatic rings. The van der Waals surface area contributed by atoms with Crippen molar-refractivity contribution in [1.82, 2.24) is 4.57 Å². The van der Waals surface area contributed by atoms with Crippen LogP contribution in [0.2, 0.25) is 0 Å². The quantitative estimate of drug-likeness (QED) is 0.532. The van der Waals surface area contributed by atoms with Gasteiger partial charge >= 0.3 is 0 Å². The summed E-state index contributed by atoms with van der Waals surface area (Å²) in [5.74, 6) is 0. The maximum Gasteiger partial charge on any atom is 0.272 e. The molecule has 0 aliphatic heterocycles. The molecule has 1 aromatic heterocycles. The Morgan fingerprint density at radius 2 is 1.75 bits per heavy atom. The van der Waals surface area contributed by atoms with Gasteiger partial charge in [0.05, 0.1) is 4.92 Å². The Kier molecular flexibility index (Phi) is 3.21. The summed E-state index contributed by atoms with van der Waals surface area (Å²) >= 11 is 0. The van der Waals surface area contributed by atoms with Gasteiger partial charge in [-0.2, -0.15) is 0 Å². The lowest BCUT2D eigenvalue weighted by Crippen LogP contribution is -2.02. The molecule has 0 bridgehead atoms. The fourth-order valence-electron chi connectivity index (χ4n) is 2.48. The van der Waals surface area contributed by atoms with Crippen molar-refractivity contribution in [1.29, 1.82) is 0 Å². The number of nitro groups is 1. The summed E-state index contributed by atoms with van der Waals surface area (Å²) in [4.78, 5) is 10.7. The molecule has 1 heterocycles. The van der Waals surface area contributed by atoms with E-state index in [9.17, 15) is 10.1 Å². The molecule has 0 amide bonds. The van der Waals surface area contributed by atoms with Crippen LogP contribution in [0.3, 0.4) is 0 Å². The minimum Gasteiger partial charge on any atom is -0.347 e. The third kappa shape index (κ3) is 2.28. The number of aryl methyl sites for hydroxylation is 2. The second-order valence-electron chi connectivity index (χ2n) is 4.70. The molecule has 0 N–H and O–H groups in total. The molecule has 2 aromatic carbocycles. The fraction of sp³-hybridized carbons (Fsp3) is 0.125. The largest absolute Gasteiger partial charge is 0.347 e. The van der Waals surface area contributed by atoms with Gasteiger partial charge in [-0.3, -0.25) is 10.1 Å². The van der Waals surface area contributed by atoms with Crippen molar-refractivity contribution in [3.8, 4) is 0 Å². The lowest BCUT2D eigenvalue weighted by atomic mass is 10.1. The maximum absolute atomic E-state index is 11.0. The number of hydrogen-bond acceptors (Lipinski definition) is 2. The zero-order chi connectivity index (χ0) is 13.9. The highest BCUT2D eigenvalue weighted by atomic mass is 16.6. The minimum atomic E-state index is -0.316. The molecule has 20 heavy (non-hydrogen) atoms.